The van der Waals surface area contributed by atoms with E-state index in [1.165, 1.54) is 12.1 Å². The summed E-state index contributed by atoms with van der Waals surface area (Å²) in [5.41, 5.74) is -10.6. The topological polar surface area (TPSA) is 160 Å². The molecule has 27 heteroatoms. The number of rotatable bonds is 10. The predicted octanol–water partition coefficient (Wildman–Crippen LogP) is 11.7. The number of hydrogen-bond acceptors (Lipinski definition) is 10. The molecule has 0 radical (unpaired) electrons. The van der Waals surface area contributed by atoms with Crippen LogP contribution in [0.25, 0.3) is 0 Å². The number of benzene rings is 4. The van der Waals surface area contributed by atoms with Gasteiger partial charge in [0, 0.05) is 10.7 Å². The highest BCUT2D eigenvalue weighted by atomic mass is 127. The SMILES string of the molecule is O=C(Oc1c(I)cc(I)cc1I)c1cc(C(=O)Oc2c(I)cc(I)cc2I)c(C(=O)OC(CS(=O)(=O)O)(C(F)(F)F)C(F)(F)F)cc1C(=O)Oc1c(I)cc(I)cc1I. The Hall–Kier alpha value is 0.820. The summed E-state index contributed by atoms with van der Waals surface area (Å²) in [5, 5.41) is 0. The van der Waals surface area contributed by atoms with Crippen LogP contribution >= 0.6 is 203 Å². The molecule has 0 spiro atoms. The van der Waals surface area contributed by atoms with Gasteiger partial charge in [0.1, 0.15) is 5.75 Å². The molecule has 0 bridgehead atoms. The van der Waals surface area contributed by atoms with Crippen molar-refractivity contribution in [3.8, 4) is 17.2 Å². The van der Waals surface area contributed by atoms with Crippen LogP contribution in [0, 0.1) is 32.1 Å². The maximum absolute atomic E-state index is 14.4. The van der Waals surface area contributed by atoms with Crippen LogP contribution in [0.15, 0.2) is 48.5 Å². The zero-order valence-corrected chi connectivity index (χ0v) is 47.7. The van der Waals surface area contributed by atoms with Gasteiger partial charge in [-0.05, 0) is 252 Å². The van der Waals surface area contributed by atoms with Crippen molar-refractivity contribution in [1.82, 2.24) is 0 Å². The summed E-state index contributed by atoms with van der Waals surface area (Å²) in [6.45, 7) is 0. The van der Waals surface area contributed by atoms with Gasteiger partial charge in [-0.3, -0.25) is 4.55 Å². The van der Waals surface area contributed by atoms with Crippen molar-refractivity contribution in [2.24, 2.45) is 0 Å². The molecule has 0 amide bonds. The van der Waals surface area contributed by atoms with E-state index >= 15 is 0 Å². The van der Waals surface area contributed by atoms with Gasteiger partial charge in [-0.25, -0.2) is 19.2 Å². The second kappa shape index (κ2) is 20.6. The number of esters is 4. The summed E-state index contributed by atoms with van der Waals surface area (Å²) in [7, 11) is -6.23. The third-order valence-corrected chi connectivity index (χ3v) is 14.5. The van der Waals surface area contributed by atoms with Gasteiger partial charge in [0.15, 0.2) is 17.2 Å². The molecular weight excluding hydrogens is 1850 g/mol. The average Bonchev–Trinajstić information content (AvgIpc) is 3.06. The van der Waals surface area contributed by atoms with Gasteiger partial charge in [-0.1, -0.05) is 0 Å². The van der Waals surface area contributed by atoms with Gasteiger partial charge in [0.2, 0.25) is 0 Å². The average molecular weight is 1860 g/mol. The Kier molecular flexibility index (Phi) is 18.3. The first kappa shape index (κ1) is 52.4. The van der Waals surface area contributed by atoms with Gasteiger partial charge < -0.3 is 18.9 Å². The minimum Gasteiger partial charge on any atom is -0.435 e. The van der Waals surface area contributed by atoms with Gasteiger partial charge in [-0.2, -0.15) is 34.8 Å². The van der Waals surface area contributed by atoms with Crippen LogP contribution in [0.4, 0.5) is 26.3 Å². The lowest BCUT2D eigenvalue weighted by Crippen LogP contribution is -2.63. The first-order valence-electron chi connectivity index (χ1n) is 14.6. The fourth-order valence-corrected chi connectivity index (χ4v) is 16.8. The zero-order valence-electron chi connectivity index (χ0n) is 27.4. The predicted molar refractivity (Wildman–Crippen MR) is 272 cm³/mol. The molecule has 4 aromatic carbocycles. The molecule has 0 aliphatic rings. The highest BCUT2D eigenvalue weighted by molar-refractivity contribution is 14.1. The van der Waals surface area contributed by atoms with Crippen molar-refractivity contribution >= 4 is 237 Å². The van der Waals surface area contributed by atoms with Crippen LogP contribution in [0.3, 0.4) is 0 Å². The minimum atomic E-state index is -6.77. The largest absolute Gasteiger partial charge is 0.438 e. The quantitative estimate of drug-likeness (QED) is 0.0529. The molecule has 4 rings (SSSR count). The fraction of sp³-hybridized carbons (Fsp3) is 0.125. The second-order valence-electron chi connectivity index (χ2n) is 11.1. The van der Waals surface area contributed by atoms with E-state index in [4.69, 9.17) is 14.2 Å². The van der Waals surface area contributed by atoms with Crippen LogP contribution in [0.2, 0.25) is 0 Å². The van der Waals surface area contributed by atoms with E-state index in [2.05, 4.69) is 4.74 Å². The van der Waals surface area contributed by atoms with E-state index in [-0.39, 0.29) is 30.5 Å². The summed E-state index contributed by atoms with van der Waals surface area (Å²) >= 11 is 16.7. The summed E-state index contributed by atoms with van der Waals surface area (Å²) < 4.78 is 143. The number of halogens is 15. The summed E-state index contributed by atoms with van der Waals surface area (Å²) in [6.07, 6.45) is -13.5. The van der Waals surface area contributed by atoms with E-state index in [0.29, 0.717) is 27.5 Å². The highest BCUT2D eigenvalue weighted by Gasteiger charge is 2.76. The molecule has 11 nitrogen and oxygen atoms in total. The molecule has 0 atom stereocenters. The first-order valence-corrected chi connectivity index (χ1v) is 25.9. The maximum Gasteiger partial charge on any atom is 0.438 e. The van der Waals surface area contributed by atoms with Crippen molar-refractivity contribution in [3.05, 3.63) is 103 Å². The molecule has 0 unspecified atom stereocenters. The van der Waals surface area contributed by atoms with Crippen LogP contribution in [0.1, 0.15) is 41.4 Å². The van der Waals surface area contributed by atoms with Crippen molar-refractivity contribution in [2.75, 3.05) is 5.75 Å². The molecule has 59 heavy (non-hydrogen) atoms. The first-order chi connectivity index (χ1) is 27.0. The third kappa shape index (κ3) is 12.8. The smallest absolute Gasteiger partial charge is 0.435 e. The zero-order chi connectivity index (χ0) is 44.7. The van der Waals surface area contributed by atoms with Crippen LogP contribution in [0.5, 0.6) is 17.2 Å². The summed E-state index contributed by atoms with van der Waals surface area (Å²) in [6, 6.07) is 10.1. The molecule has 0 fully saturated rings. The molecular formula is C32H11F6I9O11S. The minimum absolute atomic E-state index is 0.0568. The van der Waals surface area contributed by atoms with Gasteiger partial charge >= 0.3 is 41.8 Å². The molecule has 0 saturated heterocycles. The Bertz CT molecular complexity index is 2450. The Morgan fingerprint density at radius 3 is 0.932 bits per heavy atom. The molecule has 0 saturated carbocycles. The molecule has 316 valence electrons. The molecule has 4 aromatic rings. The number of carbonyl (C=O) groups excluding carboxylic acids is 4. The Morgan fingerprint density at radius 2 is 0.712 bits per heavy atom. The number of ether oxygens (including phenoxy) is 4. The monoisotopic (exact) mass is 1860 g/mol. The Morgan fingerprint density at radius 1 is 0.475 bits per heavy atom. The van der Waals surface area contributed by atoms with Crippen LogP contribution in [-0.2, 0) is 14.9 Å². The van der Waals surface area contributed by atoms with E-state index in [0.717, 1.165) is 3.57 Å². The van der Waals surface area contributed by atoms with Crippen LogP contribution < -0.4 is 14.2 Å². The number of alkyl halides is 6. The van der Waals surface area contributed by atoms with Crippen LogP contribution in [-0.4, -0.2) is 60.6 Å². The molecule has 0 aliphatic carbocycles. The van der Waals surface area contributed by atoms with Gasteiger partial charge in [0.25, 0.3) is 10.1 Å². The normalized spacial score (nSPS) is 12.2. The number of hydrogen-bond donors (Lipinski definition) is 1. The fourth-order valence-electron chi connectivity index (χ4n) is 4.54. The van der Waals surface area contributed by atoms with Crippen molar-refractivity contribution in [1.29, 1.82) is 0 Å². The Balaban J connectivity index is 2.08. The number of carbonyl (C=O) groups is 4. The highest BCUT2D eigenvalue weighted by Crippen LogP contribution is 2.47. The summed E-state index contributed by atoms with van der Waals surface area (Å²) in [5.74, 6) is -10.9. The van der Waals surface area contributed by atoms with Gasteiger partial charge in [-0.15, -0.1) is 0 Å². The van der Waals surface area contributed by atoms with Crippen molar-refractivity contribution < 1.29 is 77.4 Å². The standard InChI is InChI=1S/C32H11F6I9O11S/c33-31(34,35)30(32(36,37)38,9-59(52,53)54)58-29(51)16-8-14(27(49)56-24-19(44)3-11(40)4-20(24)45)13(26(48)55-23-17(42)1-10(39)2-18(23)43)7-15(16)28(50)57-25-21(46)5-12(41)6-22(25)47/h1-8H,9H2,(H,52,53,54). The van der Waals surface area contributed by atoms with Crippen molar-refractivity contribution in [2.45, 2.75) is 18.0 Å². The van der Waals surface area contributed by atoms with E-state index in [1.807, 2.05) is 113 Å². The maximum atomic E-state index is 14.4. The second-order valence-corrected chi connectivity index (χ2v) is 23.3. The van der Waals surface area contributed by atoms with E-state index in [9.17, 15) is 58.5 Å². The van der Waals surface area contributed by atoms with Crippen molar-refractivity contribution in [3.63, 3.8) is 0 Å². The summed E-state index contributed by atoms with van der Waals surface area (Å²) in [4.78, 5) is 55.9. The molecule has 0 aliphatic heterocycles. The molecule has 0 heterocycles. The third-order valence-electron chi connectivity index (χ3n) is 7.08. The molecule has 0 aromatic heterocycles. The van der Waals surface area contributed by atoms with E-state index < -0.39 is 80.0 Å². The Labute approximate surface area is 451 Å². The van der Waals surface area contributed by atoms with E-state index in [1.54, 1.807) is 115 Å². The van der Waals surface area contributed by atoms with Gasteiger partial charge in [0.05, 0.1) is 43.7 Å². The molecule has 1 N–H and O–H groups in total. The lowest BCUT2D eigenvalue weighted by molar-refractivity contribution is -0.356. The lowest BCUT2D eigenvalue weighted by atomic mass is 9.97. The lowest BCUT2D eigenvalue weighted by Gasteiger charge is -2.35.